The molecule has 8 heteroatoms. The average molecular weight is 427 g/mol. The zero-order valence-electron chi connectivity index (χ0n) is 16.6. The molecule has 156 valence electrons. The number of ether oxygens (including phenoxy) is 1. The van der Waals surface area contributed by atoms with Gasteiger partial charge in [0.25, 0.3) is 5.91 Å². The van der Waals surface area contributed by atoms with E-state index in [4.69, 9.17) is 16.3 Å². The molecule has 2 aliphatic heterocycles. The lowest BCUT2D eigenvalue weighted by atomic mass is 9.99. The Morgan fingerprint density at radius 3 is 2.87 bits per heavy atom. The van der Waals surface area contributed by atoms with Gasteiger partial charge in [-0.1, -0.05) is 11.6 Å². The van der Waals surface area contributed by atoms with Gasteiger partial charge in [0, 0.05) is 66.0 Å². The summed E-state index contributed by atoms with van der Waals surface area (Å²) in [5.41, 5.74) is 4.04. The SMILES string of the molecule is C[C@@H](O)c1cc2c(-c3cc(Cl)cc4c3O[C@@H](C(=O)N3CCNCC3)C4)ccnc2[nH]1. The first kappa shape index (κ1) is 19.4. The zero-order valence-corrected chi connectivity index (χ0v) is 17.4. The van der Waals surface area contributed by atoms with Gasteiger partial charge in [0.05, 0.1) is 6.10 Å². The molecule has 3 N–H and O–H groups in total. The molecule has 2 atom stereocenters. The molecule has 1 amide bonds. The summed E-state index contributed by atoms with van der Waals surface area (Å²) in [6.07, 6.45) is 1.05. The van der Waals surface area contributed by atoms with Crippen LogP contribution in [0.4, 0.5) is 0 Å². The Morgan fingerprint density at radius 2 is 2.10 bits per heavy atom. The van der Waals surface area contributed by atoms with E-state index in [1.165, 1.54) is 0 Å². The standard InChI is InChI=1S/C22H23ClN4O3/c1-12(28)18-11-17-15(2-3-25-21(17)26-18)16-10-14(23)8-13-9-19(30-20(13)16)22(29)27-6-4-24-5-7-27/h2-3,8,10-12,19,24,28H,4-7,9H2,1H3,(H,25,26)/t12-,19-/m1/s1. The molecule has 30 heavy (non-hydrogen) atoms. The van der Waals surface area contributed by atoms with Gasteiger partial charge >= 0.3 is 0 Å². The summed E-state index contributed by atoms with van der Waals surface area (Å²) in [4.78, 5) is 22.4. The summed E-state index contributed by atoms with van der Waals surface area (Å²) >= 11 is 6.44. The number of hydrogen-bond donors (Lipinski definition) is 3. The molecule has 0 saturated carbocycles. The lowest BCUT2D eigenvalue weighted by molar-refractivity contribution is -0.138. The fourth-order valence-corrected chi connectivity index (χ4v) is 4.50. The van der Waals surface area contributed by atoms with Gasteiger partial charge in [-0.3, -0.25) is 4.79 Å². The van der Waals surface area contributed by atoms with Gasteiger partial charge in [-0.2, -0.15) is 0 Å². The molecule has 3 aromatic rings. The van der Waals surface area contributed by atoms with Gasteiger partial charge < -0.3 is 25.0 Å². The molecule has 0 bridgehead atoms. The van der Waals surface area contributed by atoms with E-state index in [-0.39, 0.29) is 5.91 Å². The zero-order chi connectivity index (χ0) is 20.8. The molecule has 2 aliphatic rings. The van der Waals surface area contributed by atoms with Crippen LogP contribution in [0, 0.1) is 0 Å². The molecule has 2 aromatic heterocycles. The number of fused-ring (bicyclic) bond motifs is 2. The van der Waals surface area contributed by atoms with Crippen LogP contribution in [0.2, 0.25) is 5.02 Å². The van der Waals surface area contributed by atoms with E-state index in [1.54, 1.807) is 13.1 Å². The van der Waals surface area contributed by atoms with Crippen LogP contribution in [-0.2, 0) is 11.2 Å². The van der Waals surface area contributed by atoms with Crippen LogP contribution in [0.1, 0.15) is 24.3 Å². The first-order chi connectivity index (χ1) is 14.5. The molecular formula is C22H23ClN4O3. The van der Waals surface area contributed by atoms with Crippen molar-refractivity contribution in [1.29, 1.82) is 0 Å². The lowest BCUT2D eigenvalue weighted by Gasteiger charge is -2.29. The number of rotatable bonds is 3. The van der Waals surface area contributed by atoms with E-state index in [2.05, 4.69) is 15.3 Å². The summed E-state index contributed by atoms with van der Waals surface area (Å²) in [5.74, 6) is 0.716. The first-order valence-corrected chi connectivity index (χ1v) is 10.5. The molecule has 1 saturated heterocycles. The Hall–Kier alpha value is -2.61. The third kappa shape index (κ3) is 3.33. The van der Waals surface area contributed by atoms with Gasteiger partial charge in [-0.15, -0.1) is 0 Å². The Balaban J connectivity index is 1.54. The number of carbonyl (C=O) groups excluding carboxylic acids is 1. The van der Waals surface area contributed by atoms with Crippen molar-refractivity contribution in [2.45, 2.75) is 25.6 Å². The number of nitrogens with one attached hydrogen (secondary N) is 2. The maximum absolute atomic E-state index is 13.0. The molecule has 0 aliphatic carbocycles. The highest BCUT2D eigenvalue weighted by molar-refractivity contribution is 6.31. The molecular weight excluding hydrogens is 404 g/mol. The maximum Gasteiger partial charge on any atom is 0.264 e. The Bertz CT molecular complexity index is 1120. The van der Waals surface area contributed by atoms with Gasteiger partial charge in [-0.05, 0) is 36.8 Å². The van der Waals surface area contributed by atoms with Crippen molar-refractivity contribution in [2.75, 3.05) is 26.2 Å². The number of aliphatic hydroxyl groups excluding tert-OH is 1. The topological polar surface area (TPSA) is 90.5 Å². The monoisotopic (exact) mass is 426 g/mol. The number of H-pyrrole nitrogens is 1. The minimum atomic E-state index is -0.630. The number of amides is 1. The van der Waals surface area contributed by atoms with Crippen molar-refractivity contribution in [1.82, 2.24) is 20.2 Å². The molecule has 1 fully saturated rings. The van der Waals surface area contributed by atoms with E-state index >= 15 is 0 Å². The smallest absolute Gasteiger partial charge is 0.264 e. The van der Waals surface area contributed by atoms with Gasteiger partial charge in [0.15, 0.2) is 6.10 Å². The number of pyridine rings is 1. The van der Waals surface area contributed by atoms with Crippen LogP contribution < -0.4 is 10.1 Å². The average Bonchev–Trinajstić information content (AvgIpc) is 3.37. The van der Waals surface area contributed by atoms with E-state index in [0.29, 0.717) is 41.6 Å². The summed E-state index contributed by atoms with van der Waals surface area (Å²) in [7, 11) is 0. The van der Waals surface area contributed by atoms with Crippen LogP contribution in [0.3, 0.4) is 0 Å². The summed E-state index contributed by atoms with van der Waals surface area (Å²) in [6.45, 7) is 4.70. The van der Waals surface area contributed by atoms with Crippen molar-refractivity contribution < 1.29 is 14.6 Å². The molecule has 0 spiro atoms. The molecule has 7 nitrogen and oxygen atoms in total. The van der Waals surface area contributed by atoms with Crippen LogP contribution >= 0.6 is 11.6 Å². The number of aliphatic hydroxyl groups is 1. The number of aromatic amines is 1. The quantitative estimate of drug-likeness (QED) is 0.599. The number of carbonyl (C=O) groups is 1. The number of piperazine rings is 1. The second-order valence-electron chi connectivity index (χ2n) is 7.85. The number of hydrogen-bond acceptors (Lipinski definition) is 5. The highest BCUT2D eigenvalue weighted by Gasteiger charge is 2.35. The van der Waals surface area contributed by atoms with Gasteiger partial charge in [0.1, 0.15) is 11.4 Å². The summed E-state index contributed by atoms with van der Waals surface area (Å²) in [6, 6.07) is 7.54. The minimum Gasteiger partial charge on any atom is -0.479 e. The molecule has 4 heterocycles. The fraction of sp³-hybridized carbons (Fsp3) is 0.364. The van der Waals surface area contributed by atoms with Crippen LogP contribution in [0.15, 0.2) is 30.5 Å². The van der Waals surface area contributed by atoms with Crippen molar-refractivity contribution in [3.05, 3.63) is 46.7 Å². The third-order valence-corrected chi connectivity index (χ3v) is 6.01. The Morgan fingerprint density at radius 1 is 1.30 bits per heavy atom. The molecule has 5 rings (SSSR count). The highest BCUT2D eigenvalue weighted by atomic mass is 35.5. The predicted molar refractivity (Wildman–Crippen MR) is 115 cm³/mol. The van der Waals surface area contributed by atoms with Crippen molar-refractivity contribution in [3.8, 4) is 16.9 Å². The normalized spacial score (nSPS) is 19.6. The van der Waals surface area contributed by atoms with Crippen molar-refractivity contribution in [3.63, 3.8) is 0 Å². The van der Waals surface area contributed by atoms with Crippen LogP contribution in [-0.4, -0.2) is 58.2 Å². The van der Waals surface area contributed by atoms with Crippen LogP contribution in [0.5, 0.6) is 5.75 Å². The van der Waals surface area contributed by atoms with E-state index < -0.39 is 12.2 Å². The Kier molecular flexibility index (Phi) is 4.89. The molecule has 0 unspecified atom stereocenters. The highest BCUT2D eigenvalue weighted by Crippen LogP contribution is 2.43. The number of aromatic nitrogens is 2. The number of benzene rings is 1. The largest absolute Gasteiger partial charge is 0.479 e. The van der Waals surface area contributed by atoms with Crippen molar-refractivity contribution in [2.24, 2.45) is 0 Å². The summed E-state index contributed by atoms with van der Waals surface area (Å²) in [5, 5.41) is 14.7. The second-order valence-corrected chi connectivity index (χ2v) is 8.29. The lowest BCUT2D eigenvalue weighted by Crippen LogP contribution is -2.50. The third-order valence-electron chi connectivity index (χ3n) is 5.79. The minimum absolute atomic E-state index is 0.0210. The number of halogens is 1. The fourth-order valence-electron chi connectivity index (χ4n) is 4.26. The molecule has 0 radical (unpaired) electrons. The maximum atomic E-state index is 13.0. The van der Waals surface area contributed by atoms with Crippen molar-refractivity contribution >= 4 is 28.5 Å². The predicted octanol–water partition coefficient (Wildman–Crippen LogP) is 2.67. The first-order valence-electron chi connectivity index (χ1n) is 10.2. The number of nitrogens with zero attached hydrogens (tertiary/aromatic N) is 2. The van der Waals surface area contributed by atoms with Crippen LogP contribution in [0.25, 0.3) is 22.2 Å². The Labute approximate surface area is 179 Å². The van der Waals surface area contributed by atoms with E-state index in [1.807, 2.05) is 29.2 Å². The van der Waals surface area contributed by atoms with E-state index in [9.17, 15) is 9.90 Å². The van der Waals surface area contributed by atoms with Gasteiger partial charge in [0.2, 0.25) is 0 Å². The van der Waals surface area contributed by atoms with E-state index in [0.717, 1.165) is 35.2 Å². The molecule has 1 aromatic carbocycles. The summed E-state index contributed by atoms with van der Waals surface area (Å²) < 4.78 is 6.22. The second kappa shape index (κ2) is 7.58. The van der Waals surface area contributed by atoms with Gasteiger partial charge in [-0.25, -0.2) is 4.98 Å².